The van der Waals surface area contributed by atoms with Crippen LogP contribution >= 0.6 is 15.9 Å². The van der Waals surface area contributed by atoms with Crippen LogP contribution in [-0.2, 0) is 6.54 Å². The fourth-order valence-corrected chi connectivity index (χ4v) is 3.26. The third-order valence-corrected chi connectivity index (χ3v) is 4.60. The Hall–Kier alpha value is -0.450. The Labute approximate surface area is 116 Å². The zero-order chi connectivity index (χ0) is 13.1. The summed E-state index contributed by atoms with van der Waals surface area (Å²) in [5.41, 5.74) is 7.02. The first-order valence-corrected chi connectivity index (χ1v) is 7.29. The van der Waals surface area contributed by atoms with Crippen LogP contribution in [0.2, 0.25) is 0 Å². The Balaban J connectivity index is 2.11. The Morgan fingerprint density at radius 1 is 1.50 bits per heavy atom. The first-order chi connectivity index (χ1) is 8.61. The van der Waals surface area contributed by atoms with Gasteiger partial charge in [-0.05, 0) is 43.0 Å². The van der Waals surface area contributed by atoms with Gasteiger partial charge in [0.1, 0.15) is 5.82 Å². The molecular weight excluding hydrogens is 295 g/mol. The third-order valence-electron chi connectivity index (χ3n) is 3.86. The minimum atomic E-state index is -0.201. The molecule has 0 saturated carbocycles. The van der Waals surface area contributed by atoms with E-state index in [0.717, 1.165) is 23.1 Å². The second kappa shape index (κ2) is 6.13. The van der Waals surface area contributed by atoms with E-state index < -0.39 is 0 Å². The second-order valence-corrected chi connectivity index (χ2v) is 5.98. The first-order valence-electron chi connectivity index (χ1n) is 6.50. The van der Waals surface area contributed by atoms with Crippen LogP contribution in [0, 0.1) is 11.7 Å². The van der Waals surface area contributed by atoms with Crippen molar-refractivity contribution in [2.24, 2.45) is 11.7 Å². The predicted octanol–water partition coefficient (Wildman–Crippen LogP) is 3.15. The molecule has 1 fully saturated rings. The van der Waals surface area contributed by atoms with E-state index in [1.165, 1.54) is 25.0 Å². The molecule has 2 N–H and O–H groups in total. The van der Waals surface area contributed by atoms with E-state index in [-0.39, 0.29) is 5.82 Å². The third kappa shape index (κ3) is 3.11. The zero-order valence-corrected chi connectivity index (χ0v) is 12.3. The summed E-state index contributed by atoms with van der Waals surface area (Å²) in [6.45, 7) is 4.88. The van der Waals surface area contributed by atoms with Crippen molar-refractivity contribution in [3.8, 4) is 0 Å². The molecule has 1 aliphatic rings. The van der Waals surface area contributed by atoms with Gasteiger partial charge in [-0.25, -0.2) is 4.39 Å². The van der Waals surface area contributed by atoms with Gasteiger partial charge in [0, 0.05) is 23.6 Å². The van der Waals surface area contributed by atoms with Crippen molar-refractivity contribution >= 4 is 15.9 Å². The molecule has 2 atom stereocenters. The smallest absolute Gasteiger partial charge is 0.124 e. The van der Waals surface area contributed by atoms with E-state index in [2.05, 4.69) is 27.8 Å². The Bertz CT molecular complexity index is 411. The minimum Gasteiger partial charge on any atom is -0.329 e. The molecule has 1 heterocycles. The number of likely N-dealkylation sites (tertiary alicyclic amines) is 1. The first kappa shape index (κ1) is 14.0. The van der Waals surface area contributed by atoms with Crippen LogP contribution in [0.4, 0.5) is 4.39 Å². The molecule has 18 heavy (non-hydrogen) atoms. The summed E-state index contributed by atoms with van der Waals surface area (Å²) < 4.78 is 13.9. The van der Waals surface area contributed by atoms with Crippen molar-refractivity contribution in [2.45, 2.75) is 32.4 Å². The number of nitrogens with two attached hydrogens (primary N) is 1. The Kier molecular flexibility index (Phi) is 4.76. The van der Waals surface area contributed by atoms with E-state index >= 15 is 0 Å². The van der Waals surface area contributed by atoms with Crippen molar-refractivity contribution in [1.82, 2.24) is 4.90 Å². The number of hydrogen-bond acceptors (Lipinski definition) is 2. The molecule has 0 bridgehead atoms. The fourth-order valence-electron chi connectivity index (χ4n) is 2.78. The highest BCUT2D eigenvalue weighted by Gasteiger charge is 2.27. The van der Waals surface area contributed by atoms with E-state index in [1.54, 1.807) is 0 Å². The quantitative estimate of drug-likeness (QED) is 0.928. The number of nitrogens with zero attached hydrogens (tertiary/aromatic N) is 1. The molecule has 0 aromatic heterocycles. The highest BCUT2D eigenvalue weighted by Crippen LogP contribution is 2.26. The topological polar surface area (TPSA) is 29.3 Å². The van der Waals surface area contributed by atoms with Crippen LogP contribution < -0.4 is 5.73 Å². The standard InChI is InChI=1S/C14H20BrFN2/c1-10-3-2-6-18(14(10)8-17)9-11-4-5-12(16)7-13(11)15/h4-5,7,10,14H,2-3,6,8-9,17H2,1H3. The van der Waals surface area contributed by atoms with Crippen molar-refractivity contribution in [1.29, 1.82) is 0 Å². The molecule has 4 heteroatoms. The van der Waals surface area contributed by atoms with Crippen LogP contribution in [0.15, 0.2) is 22.7 Å². The zero-order valence-electron chi connectivity index (χ0n) is 10.7. The van der Waals surface area contributed by atoms with E-state index in [0.29, 0.717) is 18.5 Å². The summed E-state index contributed by atoms with van der Waals surface area (Å²) >= 11 is 3.43. The maximum atomic E-state index is 13.1. The van der Waals surface area contributed by atoms with Gasteiger partial charge in [-0.1, -0.05) is 28.9 Å². The van der Waals surface area contributed by atoms with E-state index in [9.17, 15) is 4.39 Å². The van der Waals surface area contributed by atoms with Gasteiger partial charge in [-0.2, -0.15) is 0 Å². The second-order valence-electron chi connectivity index (χ2n) is 5.13. The van der Waals surface area contributed by atoms with Gasteiger partial charge in [-0.15, -0.1) is 0 Å². The molecule has 0 amide bonds. The molecular formula is C14H20BrFN2. The van der Waals surface area contributed by atoms with E-state index in [4.69, 9.17) is 5.73 Å². The Morgan fingerprint density at radius 2 is 2.28 bits per heavy atom. The summed E-state index contributed by atoms with van der Waals surface area (Å²) in [5, 5.41) is 0. The largest absolute Gasteiger partial charge is 0.329 e. The molecule has 1 aliphatic heterocycles. The number of halogens is 2. The number of hydrogen-bond donors (Lipinski definition) is 1. The van der Waals surface area contributed by atoms with Crippen molar-refractivity contribution in [3.63, 3.8) is 0 Å². The van der Waals surface area contributed by atoms with Crippen LogP contribution in [0.25, 0.3) is 0 Å². The average molecular weight is 315 g/mol. The molecule has 0 radical (unpaired) electrons. The van der Waals surface area contributed by atoms with Crippen molar-refractivity contribution in [3.05, 3.63) is 34.1 Å². The molecule has 2 unspecified atom stereocenters. The van der Waals surface area contributed by atoms with Gasteiger partial charge < -0.3 is 5.73 Å². The monoisotopic (exact) mass is 314 g/mol. The van der Waals surface area contributed by atoms with Crippen LogP contribution in [0.5, 0.6) is 0 Å². The van der Waals surface area contributed by atoms with E-state index in [1.807, 2.05) is 6.07 Å². The maximum Gasteiger partial charge on any atom is 0.124 e. The average Bonchev–Trinajstić information content (AvgIpc) is 2.33. The van der Waals surface area contributed by atoms with Gasteiger partial charge in [0.25, 0.3) is 0 Å². The van der Waals surface area contributed by atoms with Gasteiger partial charge in [0.2, 0.25) is 0 Å². The predicted molar refractivity (Wildman–Crippen MR) is 75.8 cm³/mol. The molecule has 2 nitrogen and oxygen atoms in total. The molecule has 1 saturated heterocycles. The summed E-state index contributed by atoms with van der Waals surface area (Å²) in [4.78, 5) is 2.42. The van der Waals surface area contributed by atoms with Crippen molar-refractivity contribution < 1.29 is 4.39 Å². The Morgan fingerprint density at radius 3 is 2.94 bits per heavy atom. The maximum absolute atomic E-state index is 13.1. The number of piperidine rings is 1. The summed E-state index contributed by atoms with van der Waals surface area (Å²) in [5.74, 6) is 0.441. The summed E-state index contributed by atoms with van der Waals surface area (Å²) in [6.07, 6.45) is 2.47. The summed E-state index contributed by atoms with van der Waals surface area (Å²) in [6, 6.07) is 5.34. The molecule has 2 rings (SSSR count). The SMILES string of the molecule is CC1CCCN(Cc2ccc(F)cc2Br)C1CN. The van der Waals surface area contributed by atoms with Gasteiger partial charge >= 0.3 is 0 Å². The summed E-state index contributed by atoms with van der Waals surface area (Å²) in [7, 11) is 0. The normalized spacial score (nSPS) is 25.3. The molecule has 1 aromatic rings. The lowest BCUT2D eigenvalue weighted by molar-refractivity contribution is 0.0988. The van der Waals surface area contributed by atoms with Crippen LogP contribution in [0.1, 0.15) is 25.3 Å². The molecule has 0 spiro atoms. The molecule has 1 aromatic carbocycles. The van der Waals surface area contributed by atoms with Gasteiger partial charge in [0.05, 0.1) is 0 Å². The van der Waals surface area contributed by atoms with Crippen LogP contribution in [0.3, 0.4) is 0 Å². The van der Waals surface area contributed by atoms with Gasteiger partial charge in [-0.3, -0.25) is 4.90 Å². The molecule has 0 aliphatic carbocycles. The number of benzene rings is 1. The lowest BCUT2D eigenvalue weighted by atomic mass is 9.90. The fraction of sp³-hybridized carbons (Fsp3) is 0.571. The lowest BCUT2D eigenvalue weighted by Crippen LogP contribution is -2.48. The number of rotatable bonds is 3. The molecule has 100 valence electrons. The van der Waals surface area contributed by atoms with Crippen LogP contribution in [-0.4, -0.2) is 24.0 Å². The highest BCUT2D eigenvalue weighted by atomic mass is 79.9. The van der Waals surface area contributed by atoms with Gasteiger partial charge in [0.15, 0.2) is 0 Å². The minimum absolute atomic E-state index is 0.201. The lowest BCUT2D eigenvalue weighted by Gasteiger charge is -2.39. The van der Waals surface area contributed by atoms with Crippen molar-refractivity contribution in [2.75, 3.05) is 13.1 Å². The highest BCUT2D eigenvalue weighted by molar-refractivity contribution is 9.10.